The molecule has 5 rings (SSSR count). The van der Waals surface area contributed by atoms with Crippen molar-refractivity contribution in [3.8, 4) is 11.6 Å². The molecule has 0 unspecified atom stereocenters. The summed E-state index contributed by atoms with van der Waals surface area (Å²) in [7, 11) is 2.97. The molecule has 1 saturated carbocycles. The van der Waals surface area contributed by atoms with E-state index >= 15 is 0 Å². The highest BCUT2D eigenvalue weighted by molar-refractivity contribution is 6.10. The lowest BCUT2D eigenvalue weighted by Gasteiger charge is -2.28. The monoisotopic (exact) mass is 521 g/mol. The Hall–Kier alpha value is -3.46. The van der Waals surface area contributed by atoms with Crippen molar-refractivity contribution in [2.45, 2.75) is 58.0 Å². The lowest BCUT2D eigenvalue weighted by molar-refractivity contribution is 0.0936. The smallest absolute Gasteiger partial charge is 0.259 e. The zero-order valence-electron chi connectivity index (χ0n) is 22.7. The highest BCUT2D eigenvalue weighted by atomic mass is 19.1. The number of pyridine rings is 2. The van der Waals surface area contributed by atoms with Gasteiger partial charge in [0, 0.05) is 42.7 Å². The topological polar surface area (TPSA) is 88.6 Å². The van der Waals surface area contributed by atoms with Gasteiger partial charge in [-0.05, 0) is 63.8 Å². The summed E-state index contributed by atoms with van der Waals surface area (Å²) in [5.41, 5.74) is 4.67. The first-order valence-corrected chi connectivity index (χ1v) is 13.3. The molecule has 3 heterocycles. The number of amides is 1. The van der Waals surface area contributed by atoms with Crippen molar-refractivity contribution in [2.75, 3.05) is 38.8 Å². The standard InChI is InChI=1S/C29H36FN5O3/c1-16-10-12-35(13-11-31-16)27-21-14-17(2)32-25(19-6-7-19)26(21)34-29(38-5)24(27)28(36)33-18(3)20-8-9-22(30)23(15-20)37-4/h8-9,14-16,18-19,31H,6-7,10-13H2,1-5H3,(H,33,36)/t16-,18-/m0/s1. The maximum atomic E-state index is 14.0. The van der Waals surface area contributed by atoms with Crippen LogP contribution in [-0.4, -0.2) is 55.8 Å². The molecule has 2 aliphatic rings. The van der Waals surface area contributed by atoms with E-state index in [0.717, 1.165) is 72.4 Å². The van der Waals surface area contributed by atoms with Gasteiger partial charge in [0.1, 0.15) is 5.56 Å². The van der Waals surface area contributed by atoms with Gasteiger partial charge in [-0.15, -0.1) is 0 Å². The SMILES string of the molecule is COc1cc([C@H](C)NC(=O)c2c(OC)nc3c(C4CC4)nc(C)cc3c2N2CCN[C@@H](C)CC2)ccc1F. The number of ether oxygens (including phenoxy) is 2. The number of benzene rings is 1. The molecule has 9 heteroatoms. The van der Waals surface area contributed by atoms with Crippen molar-refractivity contribution in [1.29, 1.82) is 0 Å². The third-order valence-electron chi connectivity index (χ3n) is 7.50. The largest absolute Gasteiger partial charge is 0.494 e. The minimum Gasteiger partial charge on any atom is -0.494 e. The van der Waals surface area contributed by atoms with Crippen LogP contribution in [-0.2, 0) is 0 Å². The number of carbonyl (C=O) groups is 1. The van der Waals surface area contributed by atoms with Gasteiger partial charge in [0.15, 0.2) is 11.6 Å². The van der Waals surface area contributed by atoms with E-state index < -0.39 is 11.9 Å². The summed E-state index contributed by atoms with van der Waals surface area (Å²) in [5.74, 6) is 0.0655. The molecule has 2 aromatic heterocycles. The van der Waals surface area contributed by atoms with Crippen LogP contribution in [0.3, 0.4) is 0 Å². The number of nitrogens with zero attached hydrogens (tertiary/aromatic N) is 3. The average Bonchev–Trinajstić information content (AvgIpc) is 3.76. The summed E-state index contributed by atoms with van der Waals surface area (Å²) in [6.45, 7) is 8.39. The van der Waals surface area contributed by atoms with Crippen molar-refractivity contribution in [2.24, 2.45) is 0 Å². The summed E-state index contributed by atoms with van der Waals surface area (Å²) in [6.07, 6.45) is 3.13. The fraction of sp³-hybridized carbons (Fsp3) is 0.483. The van der Waals surface area contributed by atoms with Gasteiger partial charge in [-0.3, -0.25) is 9.78 Å². The molecule has 2 atom stereocenters. The molecular weight excluding hydrogens is 485 g/mol. The molecule has 202 valence electrons. The van der Waals surface area contributed by atoms with Gasteiger partial charge in [0.2, 0.25) is 5.88 Å². The van der Waals surface area contributed by atoms with E-state index in [1.165, 1.54) is 13.2 Å². The number of carbonyl (C=O) groups excluding carboxylic acids is 1. The van der Waals surface area contributed by atoms with E-state index in [0.29, 0.717) is 17.5 Å². The number of anilines is 1. The number of aryl methyl sites for hydroxylation is 1. The van der Waals surface area contributed by atoms with Crippen molar-refractivity contribution in [3.63, 3.8) is 0 Å². The van der Waals surface area contributed by atoms with E-state index in [9.17, 15) is 9.18 Å². The number of hydrogen-bond donors (Lipinski definition) is 2. The Bertz CT molecular complexity index is 1360. The lowest BCUT2D eigenvalue weighted by Crippen LogP contribution is -2.33. The van der Waals surface area contributed by atoms with Crippen LogP contribution in [0, 0.1) is 12.7 Å². The molecule has 1 aliphatic heterocycles. The maximum Gasteiger partial charge on any atom is 0.259 e. The molecule has 0 spiro atoms. The van der Waals surface area contributed by atoms with E-state index in [4.69, 9.17) is 19.4 Å². The van der Waals surface area contributed by atoms with Gasteiger partial charge >= 0.3 is 0 Å². The van der Waals surface area contributed by atoms with Crippen LogP contribution in [0.2, 0.25) is 0 Å². The number of nitrogens with one attached hydrogen (secondary N) is 2. The number of hydrogen-bond acceptors (Lipinski definition) is 7. The van der Waals surface area contributed by atoms with Gasteiger partial charge in [-0.1, -0.05) is 6.07 Å². The second-order valence-corrected chi connectivity index (χ2v) is 10.4. The number of fused-ring (bicyclic) bond motifs is 1. The Kier molecular flexibility index (Phi) is 7.38. The van der Waals surface area contributed by atoms with Crippen molar-refractivity contribution < 1.29 is 18.7 Å². The first-order chi connectivity index (χ1) is 18.3. The quantitative estimate of drug-likeness (QED) is 0.468. The Morgan fingerprint density at radius 2 is 1.95 bits per heavy atom. The molecule has 3 aromatic rings. The maximum absolute atomic E-state index is 14.0. The van der Waals surface area contributed by atoms with Crippen LogP contribution in [0.25, 0.3) is 10.9 Å². The Morgan fingerprint density at radius 1 is 1.16 bits per heavy atom. The number of halogens is 1. The highest BCUT2D eigenvalue weighted by Crippen LogP contribution is 2.45. The lowest BCUT2D eigenvalue weighted by atomic mass is 10.0. The van der Waals surface area contributed by atoms with E-state index in [-0.39, 0.29) is 17.5 Å². The summed E-state index contributed by atoms with van der Waals surface area (Å²) in [4.78, 5) is 26.0. The van der Waals surface area contributed by atoms with Crippen LogP contribution < -0.4 is 25.0 Å². The molecule has 1 amide bonds. The first-order valence-electron chi connectivity index (χ1n) is 13.3. The van der Waals surface area contributed by atoms with Gasteiger partial charge in [0.25, 0.3) is 5.91 Å². The minimum atomic E-state index is -0.447. The fourth-order valence-corrected chi connectivity index (χ4v) is 5.23. The second-order valence-electron chi connectivity index (χ2n) is 10.4. The summed E-state index contributed by atoms with van der Waals surface area (Å²) < 4.78 is 24.9. The van der Waals surface area contributed by atoms with Crippen molar-refractivity contribution in [3.05, 3.63) is 52.6 Å². The molecule has 2 N–H and O–H groups in total. The molecule has 0 bridgehead atoms. The van der Waals surface area contributed by atoms with Crippen LogP contribution in [0.15, 0.2) is 24.3 Å². The van der Waals surface area contributed by atoms with Crippen molar-refractivity contribution in [1.82, 2.24) is 20.6 Å². The van der Waals surface area contributed by atoms with Crippen LogP contribution >= 0.6 is 0 Å². The third kappa shape index (κ3) is 5.12. The fourth-order valence-electron chi connectivity index (χ4n) is 5.23. The molecule has 1 aromatic carbocycles. The van der Waals surface area contributed by atoms with Crippen molar-refractivity contribution >= 4 is 22.5 Å². The number of aromatic nitrogens is 2. The summed E-state index contributed by atoms with van der Waals surface area (Å²) >= 11 is 0. The van der Waals surface area contributed by atoms with Gasteiger partial charge < -0.3 is 25.0 Å². The summed E-state index contributed by atoms with van der Waals surface area (Å²) in [6, 6.07) is 6.62. The molecule has 38 heavy (non-hydrogen) atoms. The predicted molar refractivity (Wildman–Crippen MR) is 146 cm³/mol. The molecule has 1 aliphatic carbocycles. The van der Waals surface area contributed by atoms with Gasteiger partial charge in [-0.25, -0.2) is 9.37 Å². The second kappa shape index (κ2) is 10.7. The Balaban J connectivity index is 1.63. The van der Waals surface area contributed by atoms with E-state index in [2.05, 4.69) is 22.5 Å². The number of rotatable bonds is 7. The normalized spacial score (nSPS) is 18.7. The zero-order chi connectivity index (χ0) is 27.0. The van der Waals surface area contributed by atoms with Crippen LogP contribution in [0.4, 0.5) is 10.1 Å². The van der Waals surface area contributed by atoms with E-state index in [1.54, 1.807) is 19.2 Å². The minimum absolute atomic E-state index is 0.135. The highest BCUT2D eigenvalue weighted by Gasteiger charge is 2.33. The Morgan fingerprint density at radius 3 is 2.66 bits per heavy atom. The van der Waals surface area contributed by atoms with Gasteiger partial charge in [0.05, 0.1) is 37.2 Å². The molecule has 0 radical (unpaired) electrons. The summed E-state index contributed by atoms with van der Waals surface area (Å²) in [5, 5.41) is 7.57. The molecule has 2 fully saturated rings. The first kappa shape index (κ1) is 26.2. The van der Waals surface area contributed by atoms with Gasteiger partial charge in [-0.2, -0.15) is 0 Å². The van der Waals surface area contributed by atoms with Crippen LogP contribution in [0.5, 0.6) is 11.6 Å². The zero-order valence-corrected chi connectivity index (χ0v) is 22.7. The molecule has 1 saturated heterocycles. The third-order valence-corrected chi connectivity index (χ3v) is 7.50. The number of methoxy groups -OCH3 is 2. The molecule has 8 nitrogen and oxygen atoms in total. The predicted octanol–water partition coefficient (Wildman–Crippen LogP) is 4.65. The van der Waals surface area contributed by atoms with Crippen LogP contribution in [0.1, 0.15) is 72.4 Å². The van der Waals surface area contributed by atoms with E-state index in [1.807, 2.05) is 19.9 Å². The Labute approximate surface area is 222 Å². The molecular formula is C29H36FN5O3. The average molecular weight is 522 g/mol.